The van der Waals surface area contributed by atoms with Crippen LogP contribution in [-0.2, 0) is 6.54 Å². The third kappa shape index (κ3) is 1.97. The van der Waals surface area contributed by atoms with Gasteiger partial charge in [0.1, 0.15) is 28.6 Å². The molecule has 2 heterocycles. The number of nitriles is 1. The third-order valence-electron chi connectivity index (χ3n) is 1.90. The normalized spacial score (nSPS) is 9.87. The lowest BCUT2D eigenvalue weighted by Gasteiger charge is -1.99. The predicted molar refractivity (Wildman–Crippen MR) is 55.4 cm³/mol. The Morgan fingerprint density at radius 2 is 2.53 bits per heavy atom. The lowest BCUT2D eigenvalue weighted by atomic mass is 10.3. The van der Waals surface area contributed by atoms with E-state index in [1.165, 1.54) is 17.8 Å². The van der Waals surface area contributed by atoms with Crippen molar-refractivity contribution in [3.63, 3.8) is 0 Å². The summed E-state index contributed by atoms with van der Waals surface area (Å²) < 4.78 is 8.80. The van der Waals surface area contributed by atoms with E-state index in [1.54, 1.807) is 6.07 Å². The number of anilines is 1. The first kappa shape index (κ1) is 9.68. The van der Waals surface area contributed by atoms with Gasteiger partial charge in [-0.15, -0.1) is 0 Å². The quantitative estimate of drug-likeness (QED) is 0.855. The molecule has 0 amide bonds. The molecule has 2 rings (SSSR count). The second kappa shape index (κ2) is 4.11. The smallest absolute Gasteiger partial charge is 0.128 e. The van der Waals surface area contributed by atoms with Crippen molar-refractivity contribution in [2.45, 2.75) is 13.5 Å². The van der Waals surface area contributed by atoms with Crippen molar-refractivity contribution >= 4 is 16.5 Å². The molecule has 0 aliphatic carbocycles. The molecule has 76 valence electrons. The van der Waals surface area contributed by atoms with E-state index in [0.29, 0.717) is 12.1 Å². The Labute approximate surface area is 90.5 Å². The Kier molecular flexibility index (Phi) is 2.65. The van der Waals surface area contributed by atoms with Gasteiger partial charge in [-0.1, -0.05) is 5.16 Å². The number of hydrogen-bond donors (Lipinski definition) is 1. The van der Waals surface area contributed by atoms with Gasteiger partial charge in [0.15, 0.2) is 0 Å². The summed E-state index contributed by atoms with van der Waals surface area (Å²) in [6, 6.07) is 3.89. The molecule has 5 nitrogen and oxygen atoms in total. The highest BCUT2D eigenvalue weighted by Crippen LogP contribution is 2.23. The minimum absolute atomic E-state index is 0.535. The van der Waals surface area contributed by atoms with Gasteiger partial charge < -0.3 is 9.84 Å². The Balaban J connectivity index is 2.09. The topological polar surface area (TPSA) is 74.7 Å². The molecular weight excluding hydrogens is 212 g/mol. The molecule has 0 aliphatic heterocycles. The molecule has 0 saturated heterocycles. The number of hydrogen-bond acceptors (Lipinski definition) is 6. The maximum atomic E-state index is 8.89. The summed E-state index contributed by atoms with van der Waals surface area (Å²) >= 11 is 1.28. The highest BCUT2D eigenvalue weighted by atomic mass is 32.1. The SMILES string of the molecule is Cc1nsc(NCc2ccon2)c1C#N. The van der Waals surface area contributed by atoms with Crippen LogP contribution in [0.1, 0.15) is 17.0 Å². The molecule has 0 fully saturated rings. The molecule has 1 N–H and O–H groups in total. The van der Waals surface area contributed by atoms with Crippen LogP contribution in [0.2, 0.25) is 0 Å². The summed E-state index contributed by atoms with van der Waals surface area (Å²) in [4.78, 5) is 0. The van der Waals surface area contributed by atoms with Gasteiger partial charge in [0, 0.05) is 6.07 Å². The Morgan fingerprint density at radius 1 is 1.67 bits per heavy atom. The largest absolute Gasteiger partial charge is 0.369 e. The van der Waals surface area contributed by atoms with Gasteiger partial charge in [0.25, 0.3) is 0 Å². The van der Waals surface area contributed by atoms with E-state index >= 15 is 0 Å². The van der Waals surface area contributed by atoms with E-state index in [2.05, 4.69) is 20.9 Å². The van der Waals surface area contributed by atoms with Gasteiger partial charge >= 0.3 is 0 Å². The van der Waals surface area contributed by atoms with Crippen LogP contribution in [0, 0.1) is 18.3 Å². The van der Waals surface area contributed by atoms with Crippen LogP contribution >= 0.6 is 11.5 Å². The molecule has 0 unspecified atom stereocenters. The Hall–Kier alpha value is -1.87. The van der Waals surface area contributed by atoms with Crippen LogP contribution in [0.5, 0.6) is 0 Å². The molecular formula is C9H8N4OS. The minimum atomic E-state index is 0.535. The zero-order valence-electron chi connectivity index (χ0n) is 8.02. The van der Waals surface area contributed by atoms with Crippen molar-refractivity contribution in [2.75, 3.05) is 5.32 Å². The highest BCUT2D eigenvalue weighted by Gasteiger charge is 2.09. The molecule has 15 heavy (non-hydrogen) atoms. The fourth-order valence-electron chi connectivity index (χ4n) is 1.12. The summed E-state index contributed by atoms with van der Waals surface area (Å²) in [6.45, 7) is 2.35. The van der Waals surface area contributed by atoms with E-state index in [-0.39, 0.29) is 0 Å². The molecule has 0 bridgehead atoms. The van der Waals surface area contributed by atoms with Crippen LogP contribution < -0.4 is 5.32 Å². The number of rotatable bonds is 3. The molecule has 0 atom stereocenters. The maximum Gasteiger partial charge on any atom is 0.128 e. The van der Waals surface area contributed by atoms with Gasteiger partial charge in [-0.05, 0) is 18.5 Å². The van der Waals surface area contributed by atoms with Gasteiger partial charge in [0.05, 0.1) is 12.2 Å². The molecule has 2 aromatic heterocycles. The third-order valence-corrected chi connectivity index (χ3v) is 2.79. The summed E-state index contributed by atoms with van der Waals surface area (Å²) in [5, 5.41) is 16.5. The highest BCUT2D eigenvalue weighted by molar-refractivity contribution is 7.10. The van der Waals surface area contributed by atoms with Crippen molar-refractivity contribution in [1.29, 1.82) is 5.26 Å². The monoisotopic (exact) mass is 220 g/mol. The van der Waals surface area contributed by atoms with Crippen molar-refractivity contribution in [2.24, 2.45) is 0 Å². The molecule has 2 aromatic rings. The summed E-state index contributed by atoms with van der Waals surface area (Å²) in [5.41, 5.74) is 2.15. The van der Waals surface area contributed by atoms with Crippen LogP contribution in [0.3, 0.4) is 0 Å². The number of nitrogens with zero attached hydrogens (tertiary/aromatic N) is 3. The Morgan fingerprint density at radius 3 is 3.20 bits per heavy atom. The van der Waals surface area contributed by atoms with Crippen molar-refractivity contribution in [3.05, 3.63) is 29.3 Å². The first-order valence-corrected chi connectivity index (χ1v) is 5.08. The average molecular weight is 220 g/mol. The first-order chi connectivity index (χ1) is 7.31. The van der Waals surface area contributed by atoms with E-state index in [1.807, 2.05) is 6.92 Å². The van der Waals surface area contributed by atoms with Crippen LogP contribution in [0.4, 0.5) is 5.00 Å². The molecule has 0 spiro atoms. The van der Waals surface area contributed by atoms with Crippen molar-refractivity contribution in [1.82, 2.24) is 9.53 Å². The fourth-order valence-corrected chi connectivity index (χ4v) is 1.86. The molecule has 0 saturated carbocycles. The van der Waals surface area contributed by atoms with Crippen LogP contribution in [-0.4, -0.2) is 9.53 Å². The fraction of sp³-hybridized carbons (Fsp3) is 0.222. The molecule has 0 aromatic carbocycles. The van der Waals surface area contributed by atoms with E-state index < -0.39 is 0 Å². The van der Waals surface area contributed by atoms with Crippen molar-refractivity contribution in [3.8, 4) is 6.07 Å². The number of aryl methyl sites for hydroxylation is 1. The summed E-state index contributed by atoms with van der Waals surface area (Å²) in [5.74, 6) is 0. The molecule has 0 aliphatic rings. The number of aromatic nitrogens is 2. The van der Waals surface area contributed by atoms with Gasteiger partial charge in [0.2, 0.25) is 0 Å². The lowest BCUT2D eigenvalue weighted by molar-refractivity contribution is 0.413. The van der Waals surface area contributed by atoms with Gasteiger partial charge in [-0.3, -0.25) is 0 Å². The summed E-state index contributed by atoms with van der Waals surface area (Å²) in [7, 11) is 0. The van der Waals surface area contributed by atoms with Crippen LogP contribution in [0.25, 0.3) is 0 Å². The summed E-state index contributed by atoms with van der Waals surface area (Å²) in [6.07, 6.45) is 1.51. The molecule has 6 heteroatoms. The van der Waals surface area contributed by atoms with Crippen molar-refractivity contribution < 1.29 is 4.52 Å². The Bertz CT molecular complexity index is 483. The van der Waals surface area contributed by atoms with E-state index in [9.17, 15) is 0 Å². The second-order valence-corrected chi connectivity index (χ2v) is 3.70. The minimum Gasteiger partial charge on any atom is -0.369 e. The first-order valence-electron chi connectivity index (χ1n) is 4.30. The van der Waals surface area contributed by atoms with Crippen LogP contribution in [0.15, 0.2) is 16.9 Å². The maximum absolute atomic E-state index is 8.89. The predicted octanol–water partition coefficient (Wildman–Crippen LogP) is 1.92. The lowest BCUT2D eigenvalue weighted by Crippen LogP contribution is -1.99. The average Bonchev–Trinajstić information content (AvgIpc) is 2.84. The molecule has 0 radical (unpaired) electrons. The second-order valence-electron chi connectivity index (χ2n) is 2.93. The standard InChI is InChI=1S/C9H8N4OS/c1-6-8(4-10)9(15-13-6)11-5-7-2-3-14-12-7/h2-3,11H,5H2,1H3. The number of nitrogens with one attached hydrogen (secondary N) is 1. The zero-order valence-corrected chi connectivity index (χ0v) is 8.84. The van der Waals surface area contributed by atoms with Gasteiger partial charge in [-0.25, -0.2) is 0 Å². The van der Waals surface area contributed by atoms with Gasteiger partial charge in [-0.2, -0.15) is 9.64 Å². The zero-order chi connectivity index (χ0) is 10.7. The van der Waals surface area contributed by atoms with E-state index in [4.69, 9.17) is 9.78 Å². The van der Waals surface area contributed by atoms with E-state index in [0.717, 1.165) is 16.4 Å².